The summed E-state index contributed by atoms with van der Waals surface area (Å²) < 4.78 is 11.2. The van der Waals surface area contributed by atoms with Gasteiger partial charge in [0.1, 0.15) is 11.5 Å². The minimum absolute atomic E-state index is 0.113. The number of carbonyl (C=O) groups is 1. The lowest BCUT2D eigenvalue weighted by Gasteiger charge is -2.41. The van der Waals surface area contributed by atoms with Crippen molar-refractivity contribution in [3.63, 3.8) is 0 Å². The highest BCUT2D eigenvalue weighted by Crippen LogP contribution is 2.34. The zero-order chi connectivity index (χ0) is 21.2. The fraction of sp³-hybridized carbons (Fsp3) is 0.519. The molecular weight excluding hydrogens is 386 g/mol. The Balaban J connectivity index is 1.10. The van der Waals surface area contributed by atoms with Crippen LogP contribution in [0.4, 0.5) is 5.69 Å². The van der Waals surface area contributed by atoms with Gasteiger partial charge in [0.25, 0.3) is 0 Å². The zero-order valence-electron chi connectivity index (χ0n) is 18.5. The van der Waals surface area contributed by atoms with E-state index in [2.05, 4.69) is 60.4 Å². The van der Waals surface area contributed by atoms with Crippen LogP contribution >= 0.6 is 0 Å². The fourth-order valence-corrected chi connectivity index (χ4v) is 4.62. The Hall–Kier alpha value is -2.33. The molecule has 4 nitrogen and oxygen atoms in total. The van der Waals surface area contributed by atoms with Gasteiger partial charge in [-0.1, -0.05) is 31.2 Å². The van der Waals surface area contributed by atoms with Crippen molar-refractivity contribution in [2.75, 3.05) is 37.8 Å². The van der Waals surface area contributed by atoms with Crippen LogP contribution in [0.25, 0.3) is 0 Å². The van der Waals surface area contributed by atoms with E-state index in [1.54, 1.807) is 0 Å². The molecule has 3 aliphatic rings. The molecule has 0 spiro atoms. The molecule has 4 heteroatoms. The number of carbonyl (C=O) groups excluding carboxylic acids is 1. The van der Waals surface area contributed by atoms with Gasteiger partial charge in [-0.25, -0.2) is 0 Å². The first-order chi connectivity index (χ1) is 15.2. The number of anilines is 1. The second kappa shape index (κ2) is 9.04. The van der Waals surface area contributed by atoms with Crippen molar-refractivity contribution in [1.29, 1.82) is 0 Å². The monoisotopic (exact) mass is 419 g/mol. The predicted molar refractivity (Wildman–Crippen MR) is 123 cm³/mol. The molecule has 31 heavy (non-hydrogen) atoms. The summed E-state index contributed by atoms with van der Waals surface area (Å²) >= 11 is 0. The molecule has 3 fully saturated rings. The maximum atomic E-state index is 12.4. The van der Waals surface area contributed by atoms with Crippen molar-refractivity contribution >= 4 is 11.5 Å². The van der Waals surface area contributed by atoms with Gasteiger partial charge in [0.15, 0.2) is 0 Å². The molecule has 1 saturated carbocycles. The van der Waals surface area contributed by atoms with E-state index < -0.39 is 0 Å². The van der Waals surface area contributed by atoms with Gasteiger partial charge in [-0.2, -0.15) is 0 Å². The SMILES string of the molecule is C[C@H](CC(=O)C1CCOC1)c1ccc(C2CN(c3ccc(OCC4CC4)cc3)C2)cc1. The molecule has 164 valence electrons. The van der Waals surface area contributed by atoms with Crippen LogP contribution in [0.2, 0.25) is 0 Å². The second-order valence-electron chi connectivity index (χ2n) is 9.65. The summed E-state index contributed by atoms with van der Waals surface area (Å²) in [5.74, 6) is 3.08. The van der Waals surface area contributed by atoms with Crippen LogP contribution in [0.15, 0.2) is 48.5 Å². The molecule has 2 aromatic rings. The highest BCUT2D eigenvalue weighted by Gasteiger charge is 2.29. The molecule has 0 amide bonds. The first-order valence-corrected chi connectivity index (χ1v) is 11.8. The smallest absolute Gasteiger partial charge is 0.138 e. The van der Waals surface area contributed by atoms with Crippen molar-refractivity contribution in [3.8, 4) is 5.75 Å². The molecule has 1 unspecified atom stereocenters. The van der Waals surface area contributed by atoms with E-state index in [4.69, 9.17) is 9.47 Å². The molecule has 1 aliphatic carbocycles. The van der Waals surface area contributed by atoms with E-state index in [1.807, 2.05) is 0 Å². The van der Waals surface area contributed by atoms with Gasteiger partial charge in [0.2, 0.25) is 0 Å². The lowest BCUT2D eigenvalue weighted by Crippen LogP contribution is -2.45. The van der Waals surface area contributed by atoms with Crippen molar-refractivity contribution in [2.45, 2.75) is 44.4 Å². The van der Waals surface area contributed by atoms with Gasteiger partial charge in [-0.05, 0) is 66.5 Å². The van der Waals surface area contributed by atoms with Gasteiger partial charge < -0.3 is 14.4 Å². The standard InChI is InChI=1S/C27H33NO3/c1-19(14-27(29)23-12-13-30-18-23)21-4-6-22(7-5-21)24-15-28(16-24)25-8-10-26(11-9-25)31-17-20-2-3-20/h4-11,19-20,23-24H,2-3,12-18H2,1H3/t19-,23?/m1/s1. The predicted octanol–water partition coefficient (Wildman–Crippen LogP) is 5.18. The summed E-state index contributed by atoms with van der Waals surface area (Å²) in [7, 11) is 0. The van der Waals surface area contributed by atoms with Crippen LogP contribution in [-0.2, 0) is 9.53 Å². The molecule has 0 bridgehead atoms. The average Bonchev–Trinajstić information content (AvgIpc) is 3.42. The van der Waals surface area contributed by atoms with E-state index in [0.717, 1.165) is 44.4 Å². The van der Waals surface area contributed by atoms with Gasteiger partial charge >= 0.3 is 0 Å². The van der Waals surface area contributed by atoms with Crippen LogP contribution in [0, 0.1) is 11.8 Å². The third-order valence-electron chi connectivity index (χ3n) is 7.14. The number of nitrogens with zero attached hydrogens (tertiary/aromatic N) is 1. The highest BCUT2D eigenvalue weighted by atomic mass is 16.5. The van der Waals surface area contributed by atoms with Crippen molar-refractivity contribution in [2.24, 2.45) is 11.8 Å². The fourth-order valence-electron chi connectivity index (χ4n) is 4.62. The van der Waals surface area contributed by atoms with Gasteiger partial charge in [0.05, 0.1) is 13.2 Å². The lowest BCUT2D eigenvalue weighted by molar-refractivity contribution is -0.123. The summed E-state index contributed by atoms with van der Waals surface area (Å²) in [6, 6.07) is 17.5. The quantitative estimate of drug-likeness (QED) is 0.561. The normalized spacial score (nSPS) is 22.2. The molecule has 2 aliphatic heterocycles. The number of hydrogen-bond acceptors (Lipinski definition) is 4. The summed E-state index contributed by atoms with van der Waals surface area (Å²) in [6.45, 7) is 6.47. The minimum atomic E-state index is 0.113. The summed E-state index contributed by atoms with van der Waals surface area (Å²) in [6.07, 6.45) is 4.14. The zero-order valence-corrected chi connectivity index (χ0v) is 18.5. The Morgan fingerprint density at radius 2 is 1.81 bits per heavy atom. The third kappa shape index (κ3) is 4.95. The van der Waals surface area contributed by atoms with E-state index in [0.29, 0.717) is 24.7 Å². The van der Waals surface area contributed by atoms with E-state index in [-0.39, 0.29) is 11.8 Å². The van der Waals surface area contributed by atoms with Gasteiger partial charge in [-0.15, -0.1) is 0 Å². The molecular formula is C27H33NO3. The molecule has 5 rings (SSSR count). The molecule has 2 saturated heterocycles. The number of hydrogen-bond donors (Lipinski definition) is 0. The highest BCUT2D eigenvalue weighted by molar-refractivity contribution is 5.82. The van der Waals surface area contributed by atoms with Gasteiger partial charge in [0, 0.05) is 43.6 Å². The van der Waals surface area contributed by atoms with Crippen LogP contribution in [-0.4, -0.2) is 38.7 Å². The van der Waals surface area contributed by atoms with Crippen LogP contribution in [0.1, 0.15) is 55.6 Å². The molecule has 2 heterocycles. The van der Waals surface area contributed by atoms with Gasteiger partial charge in [-0.3, -0.25) is 4.79 Å². The van der Waals surface area contributed by atoms with Crippen molar-refractivity contribution in [1.82, 2.24) is 0 Å². The Bertz CT molecular complexity index is 876. The Kier molecular flexibility index (Phi) is 5.99. The number of benzene rings is 2. The minimum Gasteiger partial charge on any atom is -0.493 e. The Morgan fingerprint density at radius 1 is 1.06 bits per heavy atom. The first-order valence-electron chi connectivity index (χ1n) is 11.8. The number of ketones is 1. The maximum absolute atomic E-state index is 12.4. The Morgan fingerprint density at radius 3 is 2.45 bits per heavy atom. The maximum Gasteiger partial charge on any atom is 0.138 e. The summed E-state index contributed by atoms with van der Waals surface area (Å²) in [4.78, 5) is 14.9. The summed E-state index contributed by atoms with van der Waals surface area (Å²) in [5.41, 5.74) is 3.93. The molecule has 2 aromatic carbocycles. The summed E-state index contributed by atoms with van der Waals surface area (Å²) in [5, 5.41) is 0. The molecule has 0 aromatic heterocycles. The average molecular weight is 420 g/mol. The van der Waals surface area contributed by atoms with Crippen LogP contribution < -0.4 is 9.64 Å². The van der Waals surface area contributed by atoms with E-state index in [9.17, 15) is 4.79 Å². The van der Waals surface area contributed by atoms with Crippen molar-refractivity contribution in [3.05, 3.63) is 59.7 Å². The molecule has 0 radical (unpaired) electrons. The first kappa shape index (κ1) is 20.6. The van der Waals surface area contributed by atoms with Crippen LogP contribution in [0.5, 0.6) is 5.75 Å². The number of ether oxygens (including phenoxy) is 2. The molecule has 0 N–H and O–H groups in total. The molecule has 2 atom stereocenters. The number of Topliss-reactive ketones (excluding diaryl/α,β-unsaturated/α-hetero) is 1. The second-order valence-corrected chi connectivity index (χ2v) is 9.65. The van der Waals surface area contributed by atoms with Crippen molar-refractivity contribution < 1.29 is 14.3 Å². The number of rotatable bonds is 9. The third-order valence-corrected chi connectivity index (χ3v) is 7.14. The largest absolute Gasteiger partial charge is 0.493 e. The van der Waals surface area contributed by atoms with E-state index >= 15 is 0 Å². The van der Waals surface area contributed by atoms with E-state index in [1.165, 1.54) is 29.7 Å². The van der Waals surface area contributed by atoms with Crippen LogP contribution in [0.3, 0.4) is 0 Å². The topological polar surface area (TPSA) is 38.8 Å². The Labute approximate surface area is 185 Å². The lowest BCUT2D eigenvalue weighted by atomic mass is 9.87.